The quantitative estimate of drug-likeness (QED) is 0.387. The molecule has 0 bridgehead atoms. The van der Waals surface area contributed by atoms with Crippen LogP contribution in [0.3, 0.4) is 0 Å². The maximum atomic E-state index is 8.69. The third-order valence-electron chi connectivity index (χ3n) is 3.65. The van der Waals surface area contributed by atoms with E-state index in [2.05, 4.69) is 10.1 Å². The summed E-state index contributed by atoms with van der Waals surface area (Å²) < 4.78 is 5.37. The van der Waals surface area contributed by atoms with Crippen LogP contribution < -0.4 is 10.6 Å². The van der Waals surface area contributed by atoms with Crippen LogP contribution >= 0.6 is 11.6 Å². The van der Waals surface area contributed by atoms with Crippen LogP contribution in [0.25, 0.3) is 0 Å². The van der Waals surface area contributed by atoms with Crippen molar-refractivity contribution in [1.82, 2.24) is 0 Å². The largest absolute Gasteiger partial charge is 0.409 e. The number of nitrogens with two attached hydrogens (primary N) is 1. The highest BCUT2D eigenvalue weighted by molar-refractivity contribution is 6.34. The van der Waals surface area contributed by atoms with Crippen molar-refractivity contribution in [2.45, 2.75) is 12.8 Å². The van der Waals surface area contributed by atoms with Crippen molar-refractivity contribution < 1.29 is 9.94 Å². The van der Waals surface area contributed by atoms with Crippen molar-refractivity contribution in [3.8, 4) is 0 Å². The number of amidine groups is 1. The van der Waals surface area contributed by atoms with E-state index in [1.54, 1.807) is 6.07 Å². The molecular weight excluding hydrogens is 278 g/mol. The number of hydrogen-bond acceptors (Lipinski definition) is 4. The number of hydrogen-bond donors (Lipinski definition) is 2. The third-order valence-corrected chi connectivity index (χ3v) is 3.96. The Hall–Kier alpha value is -1.46. The van der Waals surface area contributed by atoms with Gasteiger partial charge in [0, 0.05) is 38.1 Å². The molecule has 1 aromatic carbocycles. The molecule has 0 amide bonds. The molecule has 6 heteroatoms. The van der Waals surface area contributed by atoms with Crippen LogP contribution in [0.2, 0.25) is 5.02 Å². The molecule has 3 N–H and O–H groups in total. The fourth-order valence-electron chi connectivity index (χ4n) is 2.42. The standard InChI is InChI=1S/C14H20ClN3O2/c1-18(9-10-4-6-20-7-5-10)11-2-3-12(13(15)8-11)14(16)17-19/h2-3,8,10,19H,4-7,9H2,1H3,(H2,16,17). The summed E-state index contributed by atoms with van der Waals surface area (Å²) in [5.74, 6) is 0.671. The molecule has 0 aliphatic carbocycles. The summed E-state index contributed by atoms with van der Waals surface area (Å²) in [6.45, 7) is 2.67. The summed E-state index contributed by atoms with van der Waals surface area (Å²) >= 11 is 6.17. The molecule has 0 aromatic heterocycles. The summed E-state index contributed by atoms with van der Waals surface area (Å²) in [6.07, 6.45) is 2.19. The lowest BCUT2D eigenvalue weighted by Crippen LogP contribution is -2.29. The van der Waals surface area contributed by atoms with Crippen molar-refractivity contribution in [2.24, 2.45) is 16.8 Å². The van der Waals surface area contributed by atoms with Crippen molar-refractivity contribution in [3.63, 3.8) is 0 Å². The highest BCUT2D eigenvalue weighted by Crippen LogP contribution is 2.25. The fraction of sp³-hybridized carbons (Fsp3) is 0.500. The van der Waals surface area contributed by atoms with Crippen LogP contribution in [0.15, 0.2) is 23.4 Å². The lowest BCUT2D eigenvalue weighted by Gasteiger charge is -2.28. The minimum atomic E-state index is 0.0219. The Morgan fingerprint density at radius 3 is 2.80 bits per heavy atom. The van der Waals surface area contributed by atoms with Crippen molar-refractivity contribution in [1.29, 1.82) is 0 Å². The first-order chi connectivity index (χ1) is 9.61. The molecule has 1 heterocycles. The van der Waals surface area contributed by atoms with E-state index < -0.39 is 0 Å². The summed E-state index contributed by atoms with van der Waals surface area (Å²) in [4.78, 5) is 2.18. The molecule has 20 heavy (non-hydrogen) atoms. The van der Waals surface area contributed by atoms with E-state index in [0.29, 0.717) is 16.5 Å². The molecule has 1 aromatic rings. The SMILES string of the molecule is CN(CC1CCOCC1)c1ccc(C(N)=NO)c(Cl)c1. The third kappa shape index (κ3) is 3.55. The number of anilines is 1. The highest BCUT2D eigenvalue weighted by Gasteiger charge is 2.16. The monoisotopic (exact) mass is 297 g/mol. The molecule has 0 radical (unpaired) electrons. The Morgan fingerprint density at radius 1 is 1.50 bits per heavy atom. The van der Waals surface area contributed by atoms with Gasteiger partial charge in [-0.1, -0.05) is 16.8 Å². The normalized spacial score (nSPS) is 17.2. The Bertz CT molecular complexity index is 487. The van der Waals surface area contributed by atoms with Crippen LogP contribution in [-0.2, 0) is 4.74 Å². The number of halogens is 1. The smallest absolute Gasteiger partial charge is 0.171 e. The number of rotatable bonds is 4. The van der Waals surface area contributed by atoms with Gasteiger partial charge < -0.3 is 20.6 Å². The predicted octanol–water partition coefficient (Wildman–Crippen LogP) is 2.30. The van der Waals surface area contributed by atoms with Gasteiger partial charge in [-0.2, -0.15) is 0 Å². The number of ether oxygens (including phenoxy) is 1. The van der Waals surface area contributed by atoms with E-state index in [9.17, 15) is 0 Å². The van der Waals surface area contributed by atoms with Crippen LogP contribution in [0, 0.1) is 5.92 Å². The Kier molecular flexibility index (Phi) is 5.09. The second-order valence-corrected chi connectivity index (χ2v) is 5.49. The zero-order valence-electron chi connectivity index (χ0n) is 11.6. The van der Waals surface area contributed by atoms with Gasteiger partial charge in [-0.05, 0) is 37.0 Å². The van der Waals surface area contributed by atoms with Gasteiger partial charge in [0.05, 0.1) is 5.02 Å². The summed E-state index contributed by atoms with van der Waals surface area (Å²) in [7, 11) is 2.05. The van der Waals surface area contributed by atoms with Gasteiger partial charge >= 0.3 is 0 Å². The van der Waals surface area contributed by atoms with Crippen LogP contribution in [0.1, 0.15) is 18.4 Å². The highest BCUT2D eigenvalue weighted by atomic mass is 35.5. The lowest BCUT2D eigenvalue weighted by molar-refractivity contribution is 0.0685. The van der Waals surface area contributed by atoms with E-state index in [-0.39, 0.29) is 5.84 Å². The van der Waals surface area contributed by atoms with Crippen LogP contribution in [0.5, 0.6) is 0 Å². The molecular formula is C14H20ClN3O2. The number of nitrogens with zero attached hydrogens (tertiary/aromatic N) is 2. The maximum absolute atomic E-state index is 8.69. The zero-order valence-corrected chi connectivity index (χ0v) is 12.3. The van der Waals surface area contributed by atoms with Gasteiger partial charge in [0.1, 0.15) is 0 Å². The second-order valence-electron chi connectivity index (χ2n) is 5.09. The molecule has 0 saturated carbocycles. The first kappa shape index (κ1) is 14.9. The first-order valence-electron chi connectivity index (χ1n) is 6.68. The van der Waals surface area contributed by atoms with E-state index >= 15 is 0 Å². The molecule has 1 aliphatic rings. The number of benzene rings is 1. The molecule has 0 atom stereocenters. The molecule has 1 saturated heterocycles. The Morgan fingerprint density at radius 2 is 2.20 bits per heavy atom. The predicted molar refractivity (Wildman–Crippen MR) is 80.8 cm³/mol. The zero-order chi connectivity index (χ0) is 14.5. The topological polar surface area (TPSA) is 71.1 Å². The Balaban J connectivity index is 2.06. The number of oxime groups is 1. The molecule has 110 valence electrons. The second kappa shape index (κ2) is 6.81. The van der Waals surface area contributed by atoms with E-state index in [0.717, 1.165) is 38.3 Å². The molecule has 2 rings (SSSR count). The minimum Gasteiger partial charge on any atom is -0.409 e. The van der Waals surface area contributed by atoms with Crippen molar-refractivity contribution in [3.05, 3.63) is 28.8 Å². The molecule has 1 fully saturated rings. The fourth-order valence-corrected chi connectivity index (χ4v) is 2.70. The Labute approximate surface area is 124 Å². The van der Waals surface area contributed by atoms with E-state index in [1.165, 1.54) is 0 Å². The average Bonchev–Trinajstić information content (AvgIpc) is 2.47. The van der Waals surface area contributed by atoms with Gasteiger partial charge in [0.25, 0.3) is 0 Å². The van der Waals surface area contributed by atoms with Crippen LogP contribution in [-0.4, -0.2) is 37.8 Å². The van der Waals surface area contributed by atoms with E-state index in [1.807, 2.05) is 19.2 Å². The van der Waals surface area contributed by atoms with Gasteiger partial charge in [-0.25, -0.2) is 0 Å². The summed E-state index contributed by atoms with van der Waals surface area (Å²) in [5, 5.41) is 12.1. The maximum Gasteiger partial charge on any atom is 0.171 e. The molecule has 1 aliphatic heterocycles. The minimum absolute atomic E-state index is 0.0219. The van der Waals surface area contributed by atoms with Gasteiger partial charge in [-0.3, -0.25) is 0 Å². The van der Waals surface area contributed by atoms with Crippen molar-refractivity contribution in [2.75, 3.05) is 31.7 Å². The first-order valence-corrected chi connectivity index (χ1v) is 7.06. The summed E-state index contributed by atoms with van der Waals surface area (Å²) in [5.41, 5.74) is 7.12. The average molecular weight is 298 g/mol. The summed E-state index contributed by atoms with van der Waals surface area (Å²) in [6, 6.07) is 5.54. The van der Waals surface area contributed by atoms with Crippen LogP contribution in [0.4, 0.5) is 5.69 Å². The molecule has 0 spiro atoms. The van der Waals surface area contributed by atoms with Crippen molar-refractivity contribution >= 4 is 23.1 Å². The lowest BCUT2D eigenvalue weighted by atomic mass is 9.99. The van der Waals surface area contributed by atoms with E-state index in [4.69, 9.17) is 27.3 Å². The molecule has 5 nitrogen and oxygen atoms in total. The molecule has 0 unspecified atom stereocenters. The van der Waals surface area contributed by atoms with Gasteiger partial charge in [0.15, 0.2) is 5.84 Å². The van der Waals surface area contributed by atoms with Gasteiger partial charge in [0.2, 0.25) is 0 Å². The van der Waals surface area contributed by atoms with Gasteiger partial charge in [-0.15, -0.1) is 0 Å².